The summed E-state index contributed by atoms with van der Waals surface area (Å²) in [4.78, 5) is 0. The fraction of sp³-hybridized carbons (Fsp3) is 0.500. The molecule has 2 aromatic rings. The summed E-state index contributed by atoms with van der Waals surface area (Å²) >= 11 is 1.42. The van der Waals surface area contributed by atoms with Crippen LogP contribution < -0.4 is 5.32 Å². The average Bonchev–Trinajstić information content (AvgIpc) is 2.98. The first-order chi connectivity index (χ1) is 9.70. The number of nitrogens with zero attached hydrogens (tertiary/aromatic N) is 2. The van der Waals surface area contributed by atoms with E-state index in [9.17, 15) is 0 Å². The Balaban J connectivity index is 2.07. The number of hydrogen-bond acceptors (Lipinski definition) is 4. The number of benzene rings is 1. The van der Waals surface area contributed by atoms with Crippen molar-refractivity contribution in [1.29, 1.82) is 0 Å². The molecule has 0 aliphatic heterocycles. The first-order valence-electron chi connectivity index (χ1n) is 7.30. The van der Waals surface area contributed by atoms with E-state index in [1.807, 2.05) is 5.38 Å². The number of nitrogens with one attached hydrogen (secondary N) is 1. The molecule has 0 spiro atoms. The molecule has 0 saturated heterocycles. The topological polar surface area (TPSA) is 37.8 Å². The monoisotopic (exact) mass is 289 g/mol. The molecule has 4 heteroatoms. The Labute approximate surface area is 125 Å². The Kier molecular flexibility index (Phi) is 5.68. The molecule has 1 aromatic carbocycles. The van der Waals surface area contributed by atoms with Gasteiger partial charge in [-0.05, 0) is 48.0 Å². The van der Waals surface area contributed by atoms with E-state index in [1.54, 1.807) is 0 Å². The van der Waals surface area contributed by atoms with Crippen LogP contribution in [0.15, 0.2) is 29.6 Å². The Morgan fingerprint density at radius 3 is 2.50 bits per heavy atom. The van der Waals surface area contributed by atoms with Gasteiger partial charge in [0.05, 0.1) is 11.7 Å². The Bertz CT molecular complexity index is 491. The van der Waals surface area contributed by atoms with Crippen molar-refractivity contribution in [3.8, 4) is 0 Å². The van der Waals surface area contributed by atoms with Gasteiger partial charge in [0.15, 0.2) is 0 Å². The molecule has 0 bridgehead atoms. The van der Waals surface area contributed by atoms with Gasteiger partial charge in [-0.15, -0.1) is 5.10 Å². The van der Waals surface area contributed by atoms with Gasteiger partial charge in [0, 0.05) is 5.38 Å². The molecular formula is C16H23N3S. The lowest BCUT2D eigenvalue weighted by molar-refractivity contribution is 0.517. The van der Waals surface area contributed by atoms with Gasteiger partial charge in [-0.25, -0.2) is 0 Å². The molecule has 0 radical (unpaired) electrons. The van der Waals surface area contributed by atoms with Crippen molar-refractivity contribution >= 4 is 11.5 Å². The molecule has 1 aromatic heterocycles. The predicted molar refractivity (Wildman–Crippen MR) is 85.2 cm³/mol. The SMILES string of the molecule is CCCNC(Cc1ccc(C(C)C)cc1)c1csnn1. The highest BCUT2D eigenvalue weighted by Crippen LogP contribution is 2.20. The van der Waals surface area contributed by atoms with Gasteiger partial charge >= 0.3 is 0 Å². The zero-order chi connectivity index (χ0) is 14.4. The lowest BCUT2D eigenvalue weighted by Crippen LogP contribution is -2.24. The zero-order valence-electron chi connectivity index (χ0n) is 12.5. The van der Waals surface area contributed by atoms with E-state index in [0.717, 1.165) is 25.1 Å². The van der Waals surface area contributed by atoms with Gasteiger partial charge in [0.2, 0.25) is 0 Å². The Hall–Kier alpha value is -1.26. The van der Waals surface area contributed by atoms with E-state index >= 15 is 0 Å². The van der Waals surface area contributed by atoms with Gasteiger partial charge in [-0.2, -0.15) is 0 Å². The summed E-state index contributed by atoms with van der Waals surface area (Å²) < 4.78 is 3.98. The standard InChI is InChI=1S/C16H23N3S/c1-4-9-17-15(16-11-20-19-18-16)10-13-5-7-14(8-6-13)12(2)3/h5-8,11-12,15,17H,4,9-10H2,1-3H3. The maximum absolute atomic E-state index is 4.22. The third-order valence-corrected chi connectivity index (χ3v) is 3.98. The molecule has 20 heavy (non-hydrogen) atoms. The molecule has 2 rings (SSSR count). The van der Waals surface area contributed by atoms with Crippen LogP contribution >= 0.6 is 11.5 Å². The molecular weight excluding hydrogens is 266 g/mol. The van der Waals surface area contributed by atoms with Gasteiger partial charge in [-0.3, -0.25) is 0 Å². The molecule has 3 nitrogen and oxygen atoms in total. The summed E-state index contributed by atoms with van der Waals surface area (Å²) in [6.45, 7) is 7.64. The van der Waals surface area contributed by atoms with Crippen molar-refractivity contribution in [2.75, 3.05) is 6.54 Å². The normalized spacial score (nSPS) is 12.8. The van der Waals surface area contributed by atoms with E-state index in [-0.39, 0.29) is 6.04 Å². The van der Waals surface area contributed by atoms with E-state index in [2.05, 4.69) is 59.9 Å². The third-order valence-electron chi connectivity index (χ3n) is 3.46. The molecule has 0 fully saturated rings. The maximum Gasteiger partial charge on any atom is 0.0928 e. The van der Waals surface area contributed by atoms with E-state index in [0.29, 0.717) is 5.92 Å². The Morgan fingerprint density at radius 1 is 1.20 bits per heavy atom. The number of rotatable bonds is 7. The highest BCUT2D eigenvalue weighted by atomic mass is 32.1. The molecule has 1 unspecified atom stereocenters. The van der Waals surface area contributed by atoms with E-state index in [1.165, 1.54) is 22.7 Å². The summed E-state index contributed by atoms with van der Waals surface area (Å²) in [5.41, 5.74) is 3.79. The molecule has 0 amide bonds. The van der Waals surface area contributed by atoms with Gasteiger partial charge in [0.1, 0.15) is 0 Å². The van der Waals surface area contributed by atoms with Crippen molar-refractivity contribution in [2.24, 2.45) is 0 Å². The largest absolute Gasteiger partial charge is 0.308 e. The third kappa shape index (κ3) is 4.12. The number of aromatic nitrogens is 2. The molecule has 0 aliphatic rings. The van der Waals surface area contributed by atoms with E-state index in [4.69, 9.17) is 0 Å². The van der Waals surface area contributed by atoms with Crippen molar-refractivity contribution in [2.45, 2.75) is 45.6 Å². The lowest BCUT2D eigenvalue weighted by atomic mass is 9.98. The van der Waals surface area contributed by atoms with Crippen LogP contribution in [-0.4, -0.2) is 16.1 Å². The van der Waals surface area contributed by atoms with Gasteiger partial charge in [0.25, 0.3) is 0 Å². The first kappa shape index (κ1) is 15.1. The summed E-state index contributed by atoms with van der Waals surface area (Å²) in [6.07, 6.45) is 2.09. The average molecular weight is 289 g/mol. The Morgan fingerprint density at radius 2 is 1.95 bits per heavy atom. The summed E-state index contributed by atoms with van der Waals surface area (Å²) in [6, 6.07) is 9.19. The quantitative estimate of drug-likeness (QED) is 0.839. The van der Waals surface area contributed by atoms with E-state index < -0.39 is 0 Å². The fourth-order valence-electron chi connectivity index (χ4n) is 2.20. The fourth-order valence-corrected chi connectivity index (χ4v) is 2.71. The molecule has 108 valence electrons. The minimum atomic E-state index is 0.263. The van der Waals surface area contributed by atoms with Crippen LogP contribution in [-0.2, 0) is 6.42 Å². The second-order valence-electron chi connectivity index (χ2n) is 5.44. The van der Waals surface area contributed by atoms with Gasteiger partial charge < -0.3 is 5.32 Å². The van der Waals surface area contributed by atoms with Crippen LogP contribution in [0.25, 0.3) is 0 Å². The second kappa shape index (κ2) is 7.50. The lowest BCUT2D eigenvalue weighted by Gasteiger charge is -2.16. The van der Waals surface area contributed by atoms with Crippen molar-refractivity contribution in [3.05, 3.63) is 46.5 Å². The molecule has 0 aliphatic carbocycles. The highest BCUT2D eigenvalue weighted by molar-refractivity contribution is 7.03. The van der Waals surface area contributed by atoms with Crippen molar-refractivity contribution in [1.82, 2.24) is 14.9 Å². The van der Waals surface area contributed by atoms with Crippen LogP contribution in [0.1, 0.15) is 56.0 Å². The summed E-state index contributed by atoms with van der Waals surface area (Å²) in [5.74, 6) is 0.584. The van der Waals surface area contributed by atoms with Crippen molar-refractivity contribution < 1.29 is 0 Å². The smallest absolute Gasteiger partial charge is 0.0928 e. The van der Waals surface area contributed by atoms with Crippen LogP contribution in [0.3, 0.4) is 0 Å². The van der Waals surface area contributed by atoms with Crippen LogP contribution in [0.2, 0.25) is 0 Å². The zero-order valence-corrected chi connectivity index (χ0v) is 13.3. The second-order valence-corrected chi connectivity index (χ2v) is 6.05. The van der Waals surface area contributed by atoms with Gasteiger partial charge in [-0.1, -0.05) is 49.5 Å². The first-order valence-corrected chi connectivity index (χ1v) is 8.13. The van der Waals surface area contributed by atoms with Crippen molar-refractivity contribution in [3.63, 3.8) is 0 Å². The number of hydrogen-bond donors (Lipinski definition) is 1. The van der Waals surface area contributed by atoms with Crippen LogP contribution in [0, 0.1) is 0 Å². The van der Waals surface area contributed by atoms with Crippen LogP contribution in [0.4, 0.5) is 0 Å². The maximum atomic E-state index is 4.22. The summed E-state index contributed by atoms with van der Waals surface area (Å²) in [5, 5.41) is 9.82. The molecule has 1 N–H and O–H groups in total. The highest BCUT2D eigenvalue weighted by Gasteiger charge is 2.14. The molecule has 1 atom stereocenters. The van der Waals surface area contributed by atoms with Crippen LogP contribution in [0.5, 0.6) is 0 Å². The minimum absolute atomic E-state index is 0.263. The minimum Gasteiger partial charge on any atom is -0.308 e. The predicted octanol–water partition coefficient (Wildman–Crippen LogP) is 3.94. The molecule has 1 heterocycles. The summed E-state index contributed by atoms with van der Waals surface area (Å²) in [7, 11) is 0. The molecule has 0 saturated carbocycles.